The van der Waals surface area contributed by atoms with Crippen LogP contribution in [0.5, 0.6) is 0 Å². The molecule has 0 spiro atoms. The van der Waals surface area contributed by atoms with Crippen molar-refractivity contribution < 1.29 is 0 Å². The van der Waals surface area contributed by atoms with Crippen LogP contribution in [0.2, 0.25) is 19.6 Å². The predicted octanol–water partition coefficient (Wildman–Crippen LogP) is 2.25. The Bertz CT molecular complexity index is 108. The molecule has 0 aromatic heterocycles. The molecule has 0 aliphatic rings. The monoisotopic (exact) mass is 144 g/mol. The lowest BCUT2D eigenvalue weighted by Crippen LogP contribution is -2.34. The number of nitrogens with zero attached hydrogens (tertiary/aromatic N) is 2. The average Bonchev–Trinajstić information content (AvgIpc) is 1.65. The molecular formula is C4H12N4Si. The van der Waals surface area contributed by atoms with Gasteiger partial charge in [0.25, 0.3) is 0 Å². The number of hydrogen-bond acceptors (Lipinski definition) is 4. The van der Waals surface area contributed by atoms with Gasteiger partial charge in [0, 0.05) is 0 Å². The maximum absolute atomic E-state index is 6.66. The van der Waals surface area contributed by atoms with E-state index in [1.54, 1.807) is 0 Å². The first kappa shape index (κ1) is 8.42. The number of hydrogen-bond donors (Lipinski definition) is 2. The fourth-order valence-electron chi connectivity index (χ4n) is 0.416. The molecule has 2 N–H and O–H groups in total. The van der Waals surface area contributed by atoms with Gasteiger partial charge in [-0.25, -0.2) is 11.1 Å². The van der Waals surface area contributed by atoms with E-state index in [2.05, 4.69) is 10.2 Å². The molecule has 0 radical (unpaired) electrons. The van der Waals surface area contributed by atoms with Crippen LogP contribution in [0, 0.1) is 11.1 Å². The normalized spacial score (nSPS) is 14.6. The van der Waals surface area contributed by atoms with Crippen molar-refractivity contribution in [1.29, 1.82) is 11.1 Å². The molecule has 0 saturated carbocycles. The van der Waals surface area contributed by atoms with Crippen molar-refractivity contribution in [3.8, 4) is 0 Å². The lowest BCUT2D eigenvalue weighted by molar-refractivity contribution is 0.751. The fraction of sp³-hybridized carbons (Fsp3) is 1.00. The van der Waals surface area contributed by atoms with Crippen LogP contribution in [0.25, 0.3) is 0 Å². The summed E-state index contributed by atoms with van der Waals surface area (Å²) >= 11 is 0. The molecule has 0 heterocycles. The zero-order valence-corrected chi connectivity index (χ0v) is 6.97. The quantitative estimate of drug-likeness (QED) is 0.450. The fourth-order valence-corrected chi connectivity index (χ4v) is 1.19. The van der Waals surface area contributed by atoms with Gasteiger partial charge >= 0.3 is 0 Å². The predicted molar refractivity (Wildman–Crippen MR) is 37.4 cm³/mol. The molecule has 0 fully saturated rings. The first-order valence-electron chi connectivity index (χ1n) is 2.75. The Morgan fingerprint density at radius 1 is 1.11 bits per heavy atom. The Kier molecular flexibility index (Phi) is 2.63. The van der Waals surface area contributed by atoms with Crippen LogP contribution in [0.1, 0.15) is 0 Å². The molecule has 0 saturated heterocycles. The summed E-state index contributed by atoms with van der Waals surface area (Å²) in [5, 5.41) is 6.47. The van der Waals surface area contributed by atoms with E-state index >= 15 is 0 Å². The molecule has 0 aliphatic heterocycles. The molecule has 0 amide bonds. The Hall–Kier alpha value is -0.583. The molecular weight excluding hydrogens is 132 g/mol. The maximum atomic E-state index is 6.66. The number of nitrogens with one attached hydrogen (secondary N) is 2. The summed E-state index contributed by atoms with van der Waals surface area (Å²) in [6, 6.07) is 0. The van der Waals surface area contributed by atoms with Gasteiger partial charge in [0.05, 0.1) is 0 Å². The Labute approximate surface area is 55.7 Å². The van der Waals surface area contributed by atoms with E-state index < -0.39 is 8.07 Å². The molecule has 4 nitrogen and oxygen atoms in total. The van der Waals surface area contributed by atoms with E-state index in [1.165, 1.54) is 0 Å². The van der Waals surface area contributed by atoms with Crippen molar-refractivity contribution in [2.45, 2.75) is 25.4 Å². The van der Waals surface area contributed by atoms with E-state index in [9.17, 15) is 0 Å². The van der Waals surface area contributed by atoms with Crippen LogP contribution >= 0.6 is 0 Å². The lowest BCUT2D eigenvalue weighted by Gasteiger charge is -2.17. The van der Waals surface area contributed by atoms with Gasteiger partial charge in [0.2, 0.25) is 0 Å². The third kappa shape index (κ3) is 2.45. The molecule has 0 bridgehead atoms. The highest BCUT2D eigenvalue weighted by atomic mass is 28.3. The summed E-state index contributed by atoms with van der Waals surface area (Å²) in [5.74, 6) is -0.377. The number of rotatable bonds is 3. The minimum absolute atomic E-state index is 0.377. The summed E-state index contributed by atoms with van der Waals surface area (Å²) in [6.07, 6.45) is 0. The first-order valence-corrected chi connectivity index (χ1v) is 6.33. The van der Waals surface area contributed by atoms with E-state index in [0.29, 0.717) is 0 Å². The van der Waals surface area contributed by atoms with Crippen LogP contribution in [-0.4, -0.2) is 13.9 Å². The van der Waals surface area contributed by atoms with Gasteiger partial charge in [-0.2, -0.15) is 10.2 Å². The Morgan fingerprint density at radius 3 is 1.44 bits per heavy atom. The van der Waals surface area contributed by atoms with E-state index in [-0.39, 0.29) is 5.79 Å². The highest BCUT2D eigenvalue weighted by Gasteiger charge is 2.25. The Morgan fingerprint density at radius 2 is 1.44 bits per heavy atom. The van der Waals surface area contributed by atoms with E-state index in [4.69, 9.17) is 11.1 Å². The average molecular weight is 144 g/mol. The summed E-state index contributed by atoms with van der Waals surface area (Å²) in [5.41, 5.74) is 13.3. The second-order valence-electron chi connectivity index (χ2n) is 3.00. The largest absolute Gasteiger partial charge is 0.208 e. The molecule has 0 unspecified atom stereocenters. The molecule has 9 heavy (non-hydrogen) atoms. The lowest BCUT2D eigenvalue weighted by atomic mass is 11.2. The van der Waals surface area contributed by atoms with Crippen molar-refractivity contribution in [3.05, 3.63) is 0 Å². The highest BCUT2D eigenvalue weighted by Crippen LogP contribution is 2.11. The smallest absolute Gasteiger partial charge is 0.165 e. The van der Waals surface area contributed by atoms with E-state index in [1.807, 2.05) is 19.6 Å². The summed E-state index contributed by atoms with van der Waals surface area (Å²) in [7, 11) is -1.49. The third-order valence-corrected chi connectivity index (χ3v) is 2.83. The summed E-state index contributed by atoms with van der Waals surface area (Å²) < 4.78 is 0. The minimum atomic E-state index is -1.49. The minimum Gasteiger partial charge on any atom is -0.208 e. The second kappa shape index (κ2) is 2.81. The highest BCUT2D eigenvalue weighted by molar-refractivity contribution is 6.77. The zero-order valence-electron chi connectivity index (χ0n) is 5.97. The molecule has 0 aliphatic carbocycles. The van der Waals surface area contributed by atoms with Crippen LogP contribution in [0.3, 0.4) is 0 Å². The van der Waals surface area contributed by atoms with Crippen molar-refractivity contribution >= 4 is 8.07 Å². The van der Waals surface area contributed by atoms with E-state index in [0.717, 1.165) is 0 Å². The summed E-state index contributed by atoms with van der Waals surface area (Å²) in [6.45, 7) is 6.11. The second-order valence-corrected chi connectivity index (χ2v) is 8.25. The van der Waals surface area contributed by atoms with Crippen LogP contribution in [0.15, 0.2) is 10.2 Å². The maximum Gasteiger partial charge on any atom is 0.165 e. The SMILES string of the molecule is C[Si](C)(C)C(N=N)N=N. The standard InChI is InChI=1S/C4H12N4Si/c1-9(2,3)4(7-5)8-6/h4-6H,1-3H3. The molecule has 0 rings (SSSR count). The molecule has 0 atom stereocenters. The van der Waals surface area contributed by atoms with Crippen LogP contribution in [0.4, 0.5) is 0 Å². The van der Waals surface area contributed by atoms with Gasteiger partial charge in [-0.15, -0.1) is 0 Å². The third-order valence-electron chi connectivity index (χ3n) is 1.02. The summed E-state index contributed by atoms with van der Waals surface area (Å²) in [4.78, 5) is 0. The van der Waals surface area contributed by atoms with Crippen molar-refractivity contribution in [2.24, 2.45) is 10.2 Å². The van der Waals surface area contributed by atoms with Gasteiger partial charge in [-0.05, 0) is 0 Å². The molecule has 0 aromatic rings. The van der Waals surface area contributed by atoms with Gasteiger partial charge in [-0.3, -0.25) is 0 Å². The molecule has 0 aromatic carbocycles. The van der Waals surface area contributed by atoms with Crippen LogP contribution in [-0.2, 0) is 0 Å². The van der Waals surface area contributed by atoms with Gasteiger partial charge < -0.3 is 0 Å². The zero-order chi connectivity index (χ0) is 7.49. The first-order chi connectivity index (χ1) is 4.02. The topological polar surface area (TPSA) is 72.4 Å². The Balaban J connectivity index is 4.11. The van der Waals surface area contributed by atoms with Crippen molar-refractivity contribution in [2.75, 3.05) is 0 Å². The van der Waals surface area contributed by atoms with Crippen molar-refractivity contribution in [3.63, 3.8) is 0 Å². The van der Waals surface area contributed by atoms with Gasteiger partial charge in [-0.1, -0.05) is 19.6 Å². The van der Waals surface area contributed by atoms with Gasteiger partial charge in [0.1, 0.15) is 8.07 Å². The molecule has 5 heteroatoms. The van der Waals surface area contributed by atoms with Gasteiger partial charge in [0.15, 0.2) is 5.79 Å². The molecule has 52 valence electrons. The van der Waals surface area contributed by atoms with Crippen LogP contribution < -0.4 is 0 Å². The van der Waals surface area contributed by atoms with Crippen molar-refractivity contribution in [1.82, 2.24) is 0 Å².